The van der Waals surface area contributed by atoms with Crippen LogP contribution in [-0.2, 0) is 14.8 Å². The van der Waals surface area contributed by atoms with Gasteiger partial charge in [0, 0.05) is 30.1 Å². The summed E-state index contributed by atoms with van der Waals surface area (Å²) in [7, 11) is -3.91. The van der Waals surface area contributed by atoms with Crippen molar-refractivity contribution in [2.75, 3.05) is 35.9 Å². The van der Waals surface area contributed by atoms with Crippen molar-refractivity contribution in [2.24, 2.45) is 0 Å². The summed E-state index contributed by atoms with van der Waals surface area (Å²) in [5, 5.41) is 17.7. The van der Waals surface area contributed by atoms with E-state index in [1.54, 1.807) is 24.4 Å². The fraction of sp³-hybridized carbons (Fsp3) is 0.174. The predicted octanol–water partition coefficient (Wildman–Crippen LogP) is 3.58. The zero-order valence-electron chi connectivity index (χ0n) is 18.3. The van der Waals surface area contributed by atoms with Crippen LogP contribution in [0.2, 0.25) is 0 Å². The van der Waals surface area contributed by atoms with Gasteiger partial charge in [-0.3, -0.25) is 9.82 Å². The van der Waals surface area contributed by atoms with Crippen molar-refractivity contribution in [1.82, 2.24) is 20.2 Å². The number of benzene rings is 2. The molecule has 0 bridgehead atoms. The van der Waals surface area contributed by atoms with Crippen LogP contribution in [0.3, 0.4) is 0 Å². The molecule has 0 saturated carbocycles. The minimum atomic E-state index is -3.91. The monoisotopic (exact) mass is 508 g/mol. The lowest BCUT2D eigenvalue weighted by Gasteiger charge is -2.28. The molecule has 1 aliphatic rings. The minimum Gasteiger partial charge on any atom is -0.508 e. The van der Waals surface area contributed by atoms with Crippen LogP contribution in [0.5, 0.6) is 5.75 Å². The molecule has 178 valence electrons. The zero-order valence-corrected chi connectivity index (χ0v) is 19.9. The molecule has 0 radical (unpaired) electrons. The first-order valence-electron chi connectivity index (χ1n) is 10.9. The second-order valence-corrected chi connectivity index (χ2v) is 11.0. The molecule has 0 spiro atoms. The fourth-order valence-corrected chi connectivity index (χ4v) is 6.54. The van der Waals surface area contributed by atoms with Gasteiger partial charge >= 0.3 is 0 Å². The summed E-state index contributed by atoms with van der Waals surface area (Å²) in [4.78, 5) is 11.7. The Morgan fingerprint density at radius 3 is 2.74 bits per heavy atom. The number of aromatic nitrogens is 4. The molecule has 1 fully saturated rings. The van der Waals surface area contributed by atoms with Gasteiger partial charge in [0.2, 0.25) is 0 Å². The molecule has 1 aliphatic heterocycles. The van der Waals surface area contributed by atoms with Crippen LogP contribution in [0.1, 0.15) is 0 Å². The van der Waals surface area contributed by atoms with Crippen molar-refractivity contribution in [2.45, 2.75) is 4.21 Å². The van der Waals surface area contributed by atoms with Crippen LogP contribution in [-0.4, -0.2) is 60.0 Å². The van der Waals surface area contributed by atoms with Gasteiger partial charge in [0.15, 0.2) is 11.6 Å². The van der Waals surface area contributed by atoms with Gasteiger partial charge in [-0.2, -0.15) is 5.10 Å². The Balaban J connectivity index is 1.50. The summed E-state index contributed by atoms with van der Waals surface area (Å²) >= 11 is 1.12. The third-order valence-corrected chi connectivity index (χ3v) is 8.71. The molecule has 35 heavy (non-hydrogen) atoms. The normalized spacial score (nSPS) is 14.6. The molecule has 5 aromatic rings. The van der Waals surface area contributed by atoms with Gasteiger partial charge in [-0.05, 0) is 24.3 Å². The molecule has 0 amide bonds. The number of phenols is 1. The van der Waals surface area contributed by atoms with E-state index >= 15 is 0 Å². The highest BCUT2D eigenvalue weighted by molar-refractivity contribution is 7.94. The molecule has 10 nitrogen and oxygen atoms in total. The molecular weight excluding hydrogens is 488 g/mol. The smallest absolute Gasteiger partial charge is 0.271 e. The van der Waals surface area contributed by atoms with Crippen molar-refractivity contribution in [1.29, 1.82) is 0 Å². The van der Waals surface area contributed by atoms with Gasteiger partial charge in [0.25, 0.3) is 10.0 Å². The summed E-state index contributed by atoms with van der Waals surface area (Å²) in [6.45, 7) is 2.41. The molecule has 4 heterocycles. The summed E-state index contributed by atoms with van der Waals surface area (Å²) in [6.07, 6.45) is 1.73. The second-order valence-electron chi connectivity index (χ2n) is 8.04. The first-order valence-corrected chi connectivity index (χ1v) is 13.2. The standard InChI is InChI=1S/C23H20N6O4S2/c30-15-4-1-3-14(11-15)28-35(31,32)20-12-19-21(34-20)23(29-7-9-33-10-8-29)26-22(25-19)16-5-2-6-18-17(16)13-24-27-18/h1-6,11-13,28,30H,7-10H2,(H,24,27). The lowest BCUT2D eigenvalue weighted by molar-refractivity contribution is 0.122. The highest BCUT2D eigenvalue weighted by Crippen LogP contribution is 2.38. The molecule has 6 rings (SSSR count). The quantitative estimate of drug-likeness (QED) is 0.328. The van der Waals surface area contributed by atoms with Gasteiger partial charge < -0.3 is 14.7 Å². The topological polar surface area (TPSA) is 133 Å². The summed E-state index contributed by atoms with van der Waals surface area (Å²) in [5.74, 6) is 1.14. The molecular formula is C23H20N6O4S2. The number of nitrogens with one attached hydrogen (secondary N) is 2. The zero-order chi connectivity index (χ0) is 24.0. The summed E-state index contributed by atoms with van der Waals surface area (Å²) in [6, 6.07) is 13.3. The van der Waals surface area contributed by atoms with Gasteiger partial charge in [0.1, 0.15) is 9.96 Å². The summed E-state index contributed by atoms with van der Waals surface area (Å²) < 4.78 is 35.2. The first kappa shape index (κ1) is 21.8. The van der Waals surface area contributed by atoms with E-state index in [1.807, 2.05) is 18.2 Å². The van der Waals surface area contributed by atoms with E-state index in [-0.39, 0.29) is 15.6 Å². The SMILES string of the molecule is O=S(=O)(Nc1cccc(O)c1)c1cc2nc(-c3cccc4[nH]ncc34)nc(N3CCOCC3)c2s1. The van der Waals surface area contributed by atoms with Gasteiger partial charge in [-0.25, -0.2) is 18.4 Å². The van der Waals surface area contributed by atoms with E-state index < -0.39 is 10.0 Å². The highest BCUT2D eigenvalue weighted by atomic mass is 32.2. The molecule has 2 aromatic carbocycles. The third-order valence-electron chi connectivity index (χ3n) is 5.73. The molecule has 12 heteroatoms. The number of hydrogen-bond acceptors (Lipinski definition) is 9. The van der Waals surface area contributed by atoms with E-state index in [2.05, 4.69) is 19.8 Å². The number of anilines is 2. The molecule has 1 saturated heterocycles. The van der Waals surface area contributed by atoms with E-state index in [9.17, 15) is 13.5 Å². The average molecular weight is 509 g/mol. The van der Waals surface area contributed by atoms with E-state index in [0.29, 0.717) is 48.2 Å². The largest absolute Gasteiger partial charge is 0.508 e. The Kier molecular flexibility index (Phi) is 5.28. The van der Waals surface area contributed by atoms with E-state index in [4.69, 9.17) is 14.7 Å². The number of rotatable bonds is 5. The number of aromatic hydroxyl groups is 1. The number of H-pyrrole nitrogens is 1. The number of hydrogen-bond donors (Lipinski definition) is 3. The average Bonchev–Trinajstić information content (AvgIpc) is 3.51. The Hall–Kier alpha value is -3.74. The Bertz CT molecular complexity index is 1660. The van der Waals surface area contributed by atoms with Crippen molar-refractivity contribution in [3.05, 3.63) is 54.7 Å². The number of nitrogens with zero attached hydrogens (tertiary/aromatic N) is 4. The van der Waals surface area contributed by atoms with Crippen LogP contribution in [0.4, 0.5) is 11.5 Å². The maximum absolute atomic E-state index is 13.2. The highest BCUT2D eigenvalue weighted by Gasteiger charge is 2.25. The minimum absolute atomic E-state index is 0.0277. The number of sulfonamides is 1. The van der Waals surface area contributed by atoms with Crippen LogP contribution in [0.25, 0.3) is 32.5 Å². The molecule has 0 unspecified atom stereocenters. The first-order chi connectivity index (χ1) is 17.0. The fourth-order valence-electron chi connectivity index (χ4n) is 4.07. The van der Waals surface area contributed by atoms with Gasteiger partial charge in [-0.15, -0.1) is 11.3 Å². The number of phenolic OH excluding ortho intramolecular Hbond substituents is 1. The number of morpholine rings is 1. The van der Waals surface area contributed by atoms with Crippen LogP contribution < -0.4 is 9.62 Å². The van der Waals surface area contributed by atoms with Crippen LogP contribution >= 0.6 is 11.3 Å². The van der Waals surface area contributed by atoms with E-state index in [1.165, 1.54) is 12.1 Å². The second kappa shape index (κ2) is 8.48. The predicted molar refractivity (Wildman–Crippen MR) is 134 cm³/mol. The lowest BCUT2D eigenvalue weighted by atomic mass is 10.1. The maximum Gasteiger partial charge on any atom is 0.271 e. The number of thiophene rings is 1. The number of aromatic amines is 1. The Morgan fingerprint density at radius 1 is 1.09 bits per heavy atom. The number of ether oxygens (including phenoxy) is 1. The van der Waals surface area contributed by atoms with Crippen LogP contribution in [0.15, 0.2) is 58.9 Å². The molecule has 3 N–H and O–H groups in total. The Morgan fingerprint density at radius 2 is 1.91 bits per heavy atom. The molecule has 0 aliphatic carbocycles. The van der Waals surface area contributed by atoms with Crippen LogP contribution in [0, 0.1) is 0 Å². The Labute approximate surface area is 204 Å². The van der Waals surface area contributed by atoms with Crippen molar-refractivity contribution >= 4 is 54.0 Å². The van der Waals surface area contributed by atoms with Gasteiger partial charge in [0.05, 0.1) is 40.8 Å². The number of fused-ring (bicyclic) bond motifs is 2. The molecule has 3 aromatic heterocycles. The lowest BCUT2D eigenvalue weighted by Crippen LogP contribution is -2.36. The third kappa shape index (κ3) is 4.05. The summed E-state index contributed by atoms with van der Waals surface area (Å²) in [5.41, 5.74) is 2.48. The maximum atomic E-state index is 13.2. The van der Waals surface area contributed by atoms with Crippen molar-refractivity contribution in [3.63, 3.8) is 0 Å². The van der Waals surface area contributed by atoms with Crippen molar-refractivity contribution < 1.29 is 18.3 Å². The van der Waals surface area contributed by atoms with Gasteiger partial charge in [-0.1, -0.05) is 18.2 Å². The van der Waals surface area contributed by atoms with E-state index in [0.717, 1.165) is 27.8 Å². The van der Waals surface area contributed by atoms with Crippen molar-refractivity contribution in [3.8, 4) is 17.1 Å². The molecule has 0 atom stereocenters.